The van der Waals surface area contributed by atoms with Gasteiger partial charge in [-0.05, 0) is 28.2 Å². The van der Waals surface area contributed by atoms with Gasteiger partial charge >= 0.3 is 5.97 Å². The molecule has 30 heavy (non-hydrogen) atoms. The maximum atomic E-state index is 13.0. The maximum Gasteiger partial charge on any atom is 0.311 e. The largest absolute Gasteiger partial charge is 0.442 e. The van der Waals surface area contributed by atoms with E-state index in [1.807, 2.05) is 62.4 Å². The van der Waals surface area contributed by atoms with Gasteiger partial charge in [-0.25, -0.2) is 0 Å². The standard InChI is InChI=1S/C24H18Cl3NO2/c1-24(2)17(11-19(25)26)21(24)23(29)30-18(12-28)20-13-7-3-5-9-15(13)22(27)16-10-6-4-8-14(16)20/h3-11,17-18,21H,1-2H3. The van der Waals surface area contributed by atoms with Crippen molar-refractivity contribution in [3.05, 3.63) is 69.7 Å². The highest BCUT2D eigenvalue weighted by atomic mass is 35.5. The number of halogens is 3. The van der Waals surface area contributed by atoms with Gasteiger partial charge in [-0.2, -0.15) is 5.26 Å². The Hall–Kier alpha value is -2.25. The number of esters is 1. The Labute approximate surface area is 189 Å². The van der Waals surface area contributed by atoms with Crippen LogP contribution in [0.2, 0.25) is 5.02 Å². The van der Waals surface area contributed by atoms with Gasteiger partial charge in [0.25, 0.3) is 0 Å². The number of benzene rings is 3. The molecule has 0 aromatic heterocycles. The van der Waals surface area contributed by atoms with Crippen molar-refractivity contribution in [1.82, 2.24) is 0 Å². The highest BCUT2D eigenvalue weighted by Gasteiger charge is 2.62. The molecule has 1 fully saturated rings. The molecule has 0 N–H and O–H groups in total. The Morgan fingerprint density at radius 2 is 1.57 bits per heavy atom. The van der Waals surface area contributed by atoms with E-state index < -0.39 is 18.0 Å². The third-order valence-corrected chi connectivity index (χ3v) is 6.65. The van der Waals surface area contributed by atoms with Gasteiger partial charge in [0.05, 0.1) is 10.9 Å². The summed E-state index contributed by atoms with van der Waals surface area (Å²) in [6.07, 6.45) is 0.584. The molecule has 1 aliphatic rings. The summed E-state index contributed by atoms with van der Waals surface area (Å²) in [7, 11) is 0. The number of carbonyl (C=O) groups excluding carboxylic acids is 1. The van der Waals surface area contributed by atoms with Gasteiger partial charge in [0, 0.05) is 16.3 Å². The normalized spacial score (nSPS) is 20.4. The van der Waals surface area contributed by atoms with Crippen LogP contribution < -0.4 is 0 Å². The van der Waals surface area contributed by atoms with Crippen LogP contribution in [-0.4, -0.2) is 5.97 Å². The number of fused-ring (bicyclic) bond motifs is 2. The topological polar surface area (TPSA) is 50.1 Å². The van der Waals surface area contributed by atoms with Crippen LogP contribution in [0.25, 0.3) is 21.5 Å². The number of hydrogen-bond acceptors (Lipinski definition) is 3. The minimum Gasteiger partial charge on any atom is -0.442 e. The van der Waals surface area contributed by atoms with E-state index in [4.69, 9.17) is 39.5 Å². The zero-order valence-corrected chi connectivity index (χ0v) is 18.6. The van der Waals surface area contributed by atoms with Crippen LogP contribution in [0, 0.1) is 28.6 Å². The fourth-order valence-corrected chi connectivity index (χ4v) is 4.91. The quantitative estimate of drug-likeness (QED) is 0.303. The Morgan fingerprint density at radius 1 is 1.07 bits per heavy atom. The first-order valence-corrected chi connectivity index (χ1v) is 10.6. The van der Waals surface area contributed by atoms with Crippen molar-refractivity contribution >= 4 is 62.3 Å². The van der Waals surface area contributed by atoms with E-state index in [9.17, 15) is 10.1 Å². The molecule has 0 bridgehead atoms. The van der Waals surface area contributed by atoms with E-state index in [1.54, 1.807) is 6.08 Å². The Morgan fingerprint density at radius 3 is 2.03 bits per heavy atom. The second kappa shape index (κ2) is 7.78. The first-order chi connectivity index (χ1) is 14.3. The zero-order valence-electron chi connectivity index (χ0n) is 16.3. The summed E-state index contributed by atoms with van der Waals surface area (Å²) in [5.74, 6) is -0.982. The predicted octanol–water partition coefficient (Wildman–Crippen LogP) is 7.35. The second-order valence-electron chi connectivity index (χ2n) is 8.05. The minimum absolute atomic E-state index is 0.120. The first kappa shape index (κ1) is 21.0. The zero-order chi connectivity index (χ0) is 21.6. The van der Waals surface area contributed by atoms with Crippen LogP contribution in [0.15, 0.2) is 59.1 Å². The number of carbonyl (C=O) groups is 1. The Kier molecular flexibility index (Phi) is 5.45. The lowest BCUT2D eigenvalue weighted by Crippen LogP contribution is -2.15. The van der Waals surface area contributed by atoms with Crippen molar-refractivity contribution in [2.24, 2.45) is 17.3 Å². The lowest BCUT2D eigenvalue weighted by Gasteiger charge is -2.18. The average molecular weight is 459 g/mol. The number of nitriles is 1. The van der Waals surface area contributed by atoms with Crippen LogP contribution >= 0.6 is 34.8 Å². The lowest BCUT2D eigenvalue weighted by atomic mass is 9.93. The molecule has 1 aliphatic carbocycles. The van der Waals surface area contributed by atoms with E-state index in [0.717, 1.165) is 21.5 Å². The molecule has 0 spiro atoms. The molecule has 0 saturated heterocycles. The third-order valence-electron chi connectivity index (χ3n) is 5.99. The highest BCUT2D eigenvalue weighted by molar-refractivity contribution is 6.55. The fraction of sp³-hybridized carbons (Fsp3) is 0.250. The van der Waals surface area contributed by atoms with Gasteiger partial charge in [0.2, 0.25) is 6.10 Å². The number of rotatable bonds is 4. The number of allylic oxidation sites excluding steroid dienone is 1. The molecule has 0 aliphatic heterocycles. The van der Waals surface area contributed by atoms with Crippen LogP contribution in [0.3, 0.4) is 0 Å². The minimum atomic E-state index is -1.07. The molecule has 0 amide bonds. The molecule has 0 heterocycles. The van der Waals surface area contributed by atoms with Crippen LogP contribution in [0.5, 0.6) is 0 Å². The average Bonchev–Trinajstić information content (AvgIpc) is 3.26. The van der Waals surface area contributed by atoms with E-state index in [1.165, 1.54) is 0 Å². The molecular weight excluding hydrogens is 441 g/mol. The molecule has 3 nitrogen and oxygen atoms in total. The second-order valence-corrected chi connectivity index (χ2v) is 9.43. The smallest absolute Gasteiger partial charge is 0.311 e. The van der Waals surface area contributed by atoms with Crippen molar-refractivity contribution in [2.75, 3.05) is 0 Å². The summed E-state index contributed by atoms with van der Waals surface area (Å²) in [6, 6.07) is 17.3. The summed E-state index contributed by atoms with van der Waals surface area (Å²) >= 11 is 18.2. The van der Waals surface area contributed by atoms with Crippen LogP contribution in [-0.2, 0) is 9.53 Å². The third kappa shape index (κ3) is 3.44. The van der Waals surface area contributed by atoms with Crippen molar-refractivity contribution in [1.29, 1.82) is 5.26 Å². The number of hydrogen-bond donors (Lipinski definition) is 0. The van der Waals surface area contributed by atoms with Gasteiger partial charge in [-0.1, -0.05) is 97.2 Å². The van der Waals surface area contributed by atoms with Crippen molar-refractivity contribution in [2.45, 2.75) is 20.0 Å². The summed E-state index contributed by atoms with van der Waals surface area (Å²) < 4.78 is 5.87. The molecule has 4 rings (SSSR count). The van der Waals surface area contributed by atoms with Crippen LogP contribution in [0.1, 0.15) is 25.5 Å². The van der Waals surface area contributed by atoms with Gasteiger partial charge in [0.15, 0.2) is 0 Å². The van der Waals surface area contributed by atoms with Crippen molar-refractivity contribution in [3.8, 4) is 6.07 Å². The summed E-state index contributed by atoms with van der Waals surface area (Å²) in [5.41, 5.74) is 0.304. The molecule has 3 atom stereocenters. The van der Waals surface area contributed by atoms with Gasteiger partial charge in [-0.15, -0.1) is 0 Å². The SMILES string of the molecule is CC1(C)C(C=C(Cl)Cl)C1C(=O)OC(C#N)c1c2ccccc2c(Cl)c2ccccc12. The Bertz CT molecular complexity index is 1180. The van der Waals surface area contributed by atoms with Gasteiger partial charge < -0.3 is 4.74 Å². The van der Waals surface area contributed by atoms with E-state index in [0.29, 0.717) is 10.6 Å². The highest BCUT2D eigenvalue weighted by Crippen LogP contribution is 2.60. The van der Waals surface area contributed by atoms with Crippen molar-refractivity contribution in [3.63, 3.8) is 0 Å². The predicted molar refractivity (Wildman–Crippen MR) is 121 cm³/mol. The molecule has 3 aromatic rings. The van der Waals surface area contributed by atoms with E-state index in [-0.39, 0.29) is 15.8 Å². The molecule has 152 valence electrons. The monoisotopic (exact) mass is 457 g/mol. The summed E-state index contributed by atoms with van der Waals surface area (Å²) in [5, 5.41) is 13.8. The lowest BCUT2D eigenvalue weighted by molar-refractivity contribution is -0.149. The molecular formula is C24H18Cl3NO2. The van der Waals surface area contributed by atoms with Gasteiger partial charge in [-0.3, -0.25) is 4.79 Å². The maximum absolute atomic E-state index is 13.0. The molecule has 3 unspecified atom stereocenters. The van der Waals surface area contributed by atoms with E-state index >= 15 is 0 Å². The van der Waals surface area contributed by atoms with E-state index in [2.05, 4.69) is 6.07 Å². The molecule has 1 saturated carbocycles. The van der Waals surface area contributed by atoms with Gasteiger partial charge in [0.1, 0.15) is 10.6 Å². The summed E-state index contributed by atoms with van der Waals surface area (Å²) in [4.78, 5) is 13.0. The van der Waals surface area contributed by atoms with Crippen LogP contribution in [0.4, 0.5) is 0 Å². The fourth-order valence-electron chi connectivity index (χ4n) is 4.31. The summed E-state index contributed by atoms with van der Waals surface area (Å²) in [6.45, 7) is 3.90. The molecule has 0 radical (unpaired) electrons. The first-order valence-electron chi connectivity index (χ1n) is 9.49. The van der Waals surface area contributed by atoms with Crippen molar-refractivity contribution < 1.29 is 9.53 Å². The Balaban J connectivity index is 1.79. The number of nitrogens with zero attached hydrogens (tertiary/aromatic N) is 1. The molecule has 3 aromatic carbocycles. The number of ether oxygens (including phenoxy) is 1. The molecule has 6 heteroatoms.